The number of carbonyl (C=O) groups is 1. The molecule has 0 spiro atoms. The zero-order valence-electron chi connectivity index (χ0n) is 6.34. The van der Waals surface area contributed by atoms with Crippen LogP contribution < -0.4 is 0 Å². The van der Waals surface area contributed by atoms with Crippen molar-refractivity contribution in [3.63, 3.8) is 0 Å². The van der Waals surface area contributed by atoms with Gasteiger partial charge in [0.05, 0.1) is 0 Å². The fourth-order valence-corrected chi connectivity index (χ4v) is 1.14. The van der Waals surface area contributed by atoms with Crippen LogP contribution >= 0.6 is 0 Å². The van der Waals surface area contributed by atoms with Crippen LogP contribution in [0.5, 0.6) is 0 Å². The fourth-order valence-electron chi connectivity index (χ4n) is 1.14. The van der Waals surface area contributed by atoms with Crippen molar-refractivity contribution in [3.05, 3.63) is 11.6 Å². The van der Waals surface area contributed by atoms with Crippen LogP contribution in [0.15, 0.2) is 11.6 Å². The Morgan fingerprint density at radius 3 is 3.00 bits per heavy atom. The largest absolute Gasteiger partial charge is 0.341 e. The summed E-state index contributed by atoms with van der Waals surface area (Å²) in [6, 6.07) is 0. The van der Waals surface area contributed by atoms with Gasteiger partial charge in [-0.25, -0.2) is 0 Å². The smallest absolute Gasteiger partial charge is 0.209 e. The second-order valence-electron chi connectivity index (χ2n) is 2.57. The van der Waals surface area contributed by atoms with E-state index in [1.165, 1.54) is 5.57 Å². The van der Waals surface area contributed by atoms with Gasteiger partial charge in [0.25, 0.3) is 0 Å². The molecule has 0 fully saturated rings. The number of amides is 1. The molecule has 0 aromatic carbocycles. The first-order valence-corrected chi connectivity index (χ1v) is 3.74. The van der Waals surface area contributed by atoms with Gasteiger partial charge in [0, 0.05) is 13.1 Å². The molecule has 0 radical (unpaired) electrons. The standard InChI is InChI=1S/C8H13NO/c1-2-8-3-5-9(7-10)6-4-8/h3,7H,2,4-6H2,1H3. The van der Waals surface area contributed by atoms with Crippen LogP contribution in [0.3, 0.4) is 0 Å². The summed E-state index contributed by atoms with van der Waals surface area (Å²) >= 11 is 0. The molecule has 56 valence electrons. The maximum absolute atomic E-state index is 10.3. The quantitative estimate of drug-likeness (QED) is 0.415. The van der Waals surface area contributed by atoms with Gasteiger partial charge in [-0.05, 0) is 12.8 Å². The highest BCUT2D eigenvalue weighted by Gasteiger charge is 2.06. The van der Waals surface area contributed by atoms with Gasteiger partial charge in [-0.2, -0.15) is 0 Å². The molecule has 0 saturated heterocycles. The molecule has 0 bridgehead atoms. The summed E-state index contributed by atoms with van der Waals surface area (Å²) in [4.78, 5) is 12.0. The van der Waals surface area contributed by atoms with Crippen LogP contribution in [-0.4, -0.2) is 24.4 Å². The fraction of sp³-hybridized carbons (Fsp3) is 0.625. The SMILES string of the molecule is CCC1=CCN(C=O)CC1. The summed E-state index contributed by atoms with van der Waals surface area (Å²) in [6.07, 6.45) is 5.27. The molecule has 1 rings (SSSR count). The van der Waals surface area contributed by atoms with E-state index in [-0.39, 0.29) is 0 Å². The summed E-state index contributed by atoms with van der Waals surface area (Å²) in [7, 11) is 0. The van der Waals surface area contributed by atoms with Gasteiger partial charge in [0.15, 0.2) is 0 Å². The number of hydrogen-bond donors (Lipinski definition) is 0. The van der Waals surface area contributed by atoms with Crippen molar-refractivity contribution in [2.75, 3.05) is 13.1 Å². The van der Waals surface area contributed by atoms with Gasteiger partial charge in [-0.3, -0.25) is 4.79 Å². The molecule has 1 aliphatic heterocycles. The van der Waals surface area contributed by atoms with E-state index in [1.54, 1.807) is 4.90 Å². The first-order chi connectivity index (χ1) is 4.86. The normalized spacial score (nSPS) is 18.5. The lowest BCUT2D eigenvalue weighted by Gasteiger charge is -2.21. The van der Waals surface area contributed by atoms with Gasteiger partial charge >= 0.3 is 0 Å². The summed E-state index contributed by atoms with van der Waals surface area (Å²) < 4.78 is 0. The topological polar surface area (TPSA) is 20.3 Å². The molecule has 0 unspecified atom stereocenters. The lowest BCUT2D eigenvalue weighted by atomic mass is 10.1. The summed E-state index contributed by atoms with van der Waals surface area (Å²) in [5.41, 5.74) is 1.48. The molecule has 0 N–H and O–H groups in total. The Morgan fingerprint density at radius 2 is 2.60 bits per heavy atom. The van der Waals surface area contributed by atoms with Crippen LogP contribution in [0.4, 0.5) is 0 Å². The van der Waals surface area contributed by atoms with Crippen molar-refractivity contribution in [2.24, 2.45) is 0 Å². The third kappa shape index (κ3) is 1.59. The molecule has 1 aliphatic rings. The molecular weight excluding hydrogens is 126 g/mol. The average molecular weight is 139 g/mol. The number of hydrogen-bond acceptors (Lipinski definition) is 1. The van der Waals surface area contributed by atoms with Crippen molar-refractivity contribution in [2.45, 2.75) is 19.8 Å². The Bertz CT molecular complexity index is 151. The minimum Gasteiger partial charge on any atom is -0.341 e. The van der Waals surface area contributed by atoms with Gasteiger partial charge in [-0.15, -0.1) is 0 Å². The highest BCUT2D eigenvalue weighted by Crippen LogP contribution is 2.11. The Balaban J connectivity index is 2.43. The maximum atomic E-state index is 10.3. The van der Waals surface area contributed by atoms with Crippen molar-refractivity contribution in [1.29, 1.82) is 0 Å². The van der Waals surface area contributed by atoms with E-state index in [0.29, 0.717) is 0 Å². The zero-order chi connectivity index (χ0) is 7.40. The Morgan fingerprint density at radius 1 is 1.80 bits per heavy atom. The van der Waals surface area contributed by atoms with Crippen LogP contribution in [0.25, 0.3) is 0 Å². The monoisotopic (exact) mass is 139 g/mol. The predicted molar refractivity (Wildman–Crippen MR) is 40.6 cm³/mol. The van der Waals surface area contributed by atoms with Crippen molar-refractivity contribution in [1.82, 2.24) is 4.90 Å². The minimum atomic E-state index is 0.812. The molecule has 10 heavy (non-hydrogen) atoms. The Kier molecular flexibility index (Phi) is 2.49. The predicted octanol–water partition coefficient (Wildman–Crippen LogP) is 1.18. The van der Waals surface area contributed by atoms with Gasteiger partial charge in [0.2, 0.25) is 6.41 Å². The van der Waals surface area contributed by atoms with Crippen LogP contribution in [-0.2, 0) is 4.79 Å². The Hall–Kier alpha value is -0.790. The van der Waals surface area contributed by atoms with Crippen molar-refractivity contribution >= 4 is 6.41 Å². The van der Waals surface area contributed by atoms with E-state index in [1.807, 2.05) is 0 Å². The molecule has 2 nitrogen and oxygen atoms in total. The first kappa shape index (κ1) is 7.32. The van der Waals surface area contributed by atoms with E-state index >= 15 is 0 Å². The van der Waals surface area contributed by atoms with Gasteiger partial charge in [-0.1, -0.05) is 18.6 Å². The molecule has 1 amide bonds. The van der Waals surface area contributed by atoms with E-state index in [0.717, 1.165) is 32.3 Å². The average Bonchev–Trinajstić information content (AvgIpc) is 2.05. The second kappa shape index (κ2) is 3.40. The highest BCUT2D eigenvalue weighted by atomic mass is 16.1. The summed E-state index contributed by atoms with van der Waals surface area (Å²) in [5, 5.41) is 0. The minimum absolute atomic E-state index is 0.812. The third-order valence-corrected chi connectivity index (χ3v) is 1.94. The first-order valence-electron chi connectivity index (χ1n) is 3.74. The van der Waals surface area contributed by atoms with Crippen LogP contribution in [0.1, 0.15) is 19.8 Å². The molecule has 2 heteroatoms. The van der Waals surface area contributed by atoms with E-state index in [2.05, 4.69) is 13.0 Å². The van der Waals surface area contributed by atoms with Gasteiger partial charge < -0.3 is 4.90 Å². The molecular formula is C8H13NO. The maximum Gasteiger partial charge on any atom is 0.209 e. The molecule has 0 aromatic rings. The third-order valence-electron chi connectivity index (χ3n) is 1.94. The van der Waals surface area contributed by atoms with Crippen LogP contribution in [0.2, 0.25) is 0 Å². The number of rotatable bonds is 2. The van der Waals surface area contributed by atoms with Crippen molar-refractivity contribution in [3.8, 4) is 0 Å². The lowest BCUT2D eigenvalue weighted by Crippen LogP contribution is -2.26. The lowest BCUT2D eigenvalue weighted by molar-refractivity contribution is -0.117. The zero-order valence-corrected chi connectivity index (χ0v) is 6.34. The number of carbonyl (C=O) groups excluding carboxylic acids is 1. The van der Waals surface area contributed by atoms with Gasteiger partial charge in [0.1, 0.15) is 0 Å². The summed E-state index contributed by atoms with van der Waals surface area (Å²) in [5.74, 6) is 0. The molecule has 0 atom stereocenters. The summed E-state index contributed by atoms with van der Waals surface area (Å²) in [6.45, 7) is 3.87. The highest BCUT2D eigenvalue weighted by molar-refractivity contribution is 5.48. The molecule has 0 saturated carbocycles. The molecule has 0 aromatic heterocycles. The molecule has 1 heterocycles. The Labute approximate surface area is 61.5 Å². The number of nitrogens with zero attached hydrogens (tertiary/aromatic N) is 1. The van der Waals surface area contributed by atoms with E-state index in [9.17, 15) is 4.79 Å². The van der Waals surface area contributed by atoms with E-state index < -0.39 is 0 Å². The van der Waals surface area contributed by atoms with Crippen LogP contribution in [0, 0.1) is 0 Å². The van der Waals surface area contributed by atoms with Crippen molar-refractivity contribution < 1.29 is 4.79 Å². The molecule has 0 aliphatic carbocycles. The van der Waals surface area contributed by atoms with E-state index in [4.69, 9.17) is 0 Å². The second-order valence-corrected chi connectivity index (χ2v) is 2.57.